The Morgan fingerprint density at radius 2 is 1.94 bits per heavy atom. The zero-order chi connectivity index (χ0) is 12.8. The maximum absolute atomic E-state index is 10.9. The van der Waals surface area contributed by atoms with Crippen LogP contribution < -0.4 is 0 Å². The molecule has 0 aliphatic carbocycles. The van der Waals surface area contributed by atoms with Crippen molar-refractivity contribution < 1.29 is 18.3 Å². The third kappa shape index (κ3) is 4.76. The number of thioether (sulfide) groups is 1. The quantitative estimate of drug-likeness (QED) is 0.594. The lowest BCUT2D eigenvalue weighted by molar-refractivity contribution is -0.137. The predicted octanol–water partition coefficient (Wildman–Crippen LogP) is 0.821. The number of nitrogens with zero attached hydrogens (tertiary/aromatic N) is 1. The van der Waals surface area contributed by atoms with Crippen LogP contribution in [-0.2, 0) is 22.2 Å². The SMILES string of the molecule is CSc1ccc(CN(CC(=O)O)[SH](=O)=O)cc1. The van der Waals surface area contributed by atoms with Gasteiger partial charge in [-0.05, 0) is 24.0 Å². The summed E-state index contributed by atoms with van der Waals surface area (Å²) in [6.07, 6.45) is 1.94. The summed E-state index contributed by atoms with van der Waals surface area (Å²) in [5, 5.41) is 8.58. The molecule has 0 spiro atoms. The first-order chi connectivity index (χ1) is 8.02. The number of carbonyl (C=O) groups is 1. The van der Waals surface area contributed by atoms with Gasteiger partial charge in [-0.3, -0.25) is 4.79 Å². The second kappa shape index (κ2) is 6.63. The lowest BCUT2D eigenvalue weighted by Crippen LogP contribution is -2.27. The average molecular weight is 275 g/mol. The molecule has 0 aliphatic rings. The molecule has 0 atom stereocenters. The Hall–Kier alpha value is -1.05. The Morgan fingerprint density at radius 3 is 2.35 bits per heavy atom. The molecule has 0 aliphatic heterocycles. The van der Waals surface area contributed by atoms with E-state index in [1.807, 2.05) is 18.4 Å². The predicted molar refractivity (Wildman–Crippen MR) is 66.6 cm³/mol. The Morgan fingerprint density at radius 1 is 1.35 bits per heavy atom. The fraction of sp³-hybridized carbons (Fsp3) is 0.300. The molecule has 0 bridgehead atoms. The minimum Gasteiger partial charge on any atom is -0.480 e. The van der Waals surface area contributed by atoms with E-state index in [9.17, 15) is 13.2 Å². The van der Waals surface area contributed by atoms with Crippen molar-refractivity contribution in [2.75, 3.05) is 12.8 Å². The van der Waals surface area contributed by atoms with Gasteiger partial charge in [0, 0.05) is 11.4 Å². The van der Waals surface area contributed by atoms with Gasteiger partial charge in [0.15, 0.2) is 0 Å². The molecule has 94 valence electrons. The fourth-order valence-electron chi connectivity index (χ4n) is 1.27. The number of carboxylic acids is 1. The molecule has 0 heterocycles. The monoisotopic (exact) mass is 275 g/mol. The molecule has 0 amide bonds. The zero-order valence-corrected chi connectivity index (χ0v) is 10.9. The highest BCUT2D eigenvalue weighted by atomic mass is 32.2. The lowest BCUT2D eigenvalue weighted by Gasteiger charge is -2.12. The highest BCUT2D eigenvalue weighted by molar-refractivity contribution is 7.98. The normalized spacial score (nSPS) is 11.0. The van der Waals surface area contributed by atoms with Gasteiger partial charge < -0.3 is 5.11 Å². The highest BCUT2D eigenvalue weighted by Gasteiger charge is 2.12. The topological polar surface area (TPSA) is 74.7 Å². The van der Waals surface area contributed by atoms with Gasteiger partial charge in [0.25, 0.3) is 0 Å². The zero-order valence-electron chi connectivity index (χ0n) is 9.20. The minimum atomic E-state index is -2.88. The lowest BCUT2D eigenvalue weighted by atomic mass is 10.2. The summed E-state index contributed by atoms with van der Waals surface area (Å²) in [5.41, 5.74) is 0.767. The molecule has 0 saturated carbocycles. The minimum absolute atomic E-state index is 0.0830. The summed E-state index contributed by atoms with van der Waals surface area (Å²) in [6, 6.07) is 7.33. The first kappa shape index (κ1) is 14.0. The first-order valence-electron chi connectivity index (χ1n) is 4.77. The molecule has 5 nitrogen and oxygen atoms in total. The molecule has 0 aromatic heterocycles. The molecule has 0 radical (unpaired) electrons. The summed E-state index contributed by atoms with van der Waals surface area (Å²) >= 11 is 1.59. The Balaban J connectivity index is 2.75. The Labute approximate surface area is 106 Å². The van der Waals surface area contributed by atoms with Crippen molar-refractivity contribution >= 4 is 28.6 Å². The van der Waals surface area contributed by atoms with Crippen LogP contribution >= 0.6 is 11.8 Å². The van der Waals surface area contributed by atoms with Crippen LogP contribution in [0.15, 0.2) is 29.2 Å². The molecule has 1 N–H and O–H groups in total. The van der Waals surface area contributed by atoms with Gasteiger partial charge in [-0.15, -0.1) is 11.8 Å². The molecule has 1 aromatic rings. The second-order valence-electron chi connectivity index (χ2n) is 3.30. The smallest absolute Gasteiger partial charge is 0.318 e. The molecule has 1 rings (SSSR count). The molecule has 1 aromatic carbocycles. The van der Waals surface area contributed by atoms with Gasteiger partial charge in [-0.1, -0.05) is 12.1 Å². The van der Waals surface area contributed by atoms with E-state index >= 15 is 0 Å². The summed E-state index contributed by atoms with van der Waals surface area (Å²) in [5.74, 6) is -1.16. The molecular formula is C10H13NO4S2. The molecule has 7 heteroatoms. The van der Waals surface area contributed by atoms with E-state index in [0.29, 0.717) is 0 Å². The molecular weight excluding hydrogens is 262 g/mol. The van der Waals surface area contributed by atoms with Crippen LogP contribution in [0.1, 0.15) is 5.56 Å². The molecule has 0 saturated heterocycles. The van der Waals surface area contributed by atoms with Crippen LogP contribution in [0.3, 0.4) is 0 Å². The highest BCUT2D eigenvalue weighted by Crippen LogP contribution is 2.15. The van der Waals surface area contributed by atoms with Crippen molar-refractivity contribution in [3.8, 4) is 0 Å². The van der Waals surface area contributed by atoms with E-state index in [1.54, 1.807) is 23.9 Å². The Bertz CT molecular complexity index is 448. The van der Waals surface area contributed by atoms with Gasteiger partial charge in [0.1, 0.15) is 6.54 Å². The summed E-state index contributed by atoms with van der Waals surface area (Å²) < 4.78 is 22.6. The summed E-state index contributed by atoms with van der Waals surface area (Å²) in [4.78, 5) is 11.6. The Kier molecular flexibility index (Phi) is 5.46. The van der Waals surface area contributed by atoms with Crippen molar-refractivity contribution in [1.82, 2.24) is 4.31 Å². The molecule has 0 unspecified atom stereocenters. The van der Waals surface area contributed by atoms with Gasteiger partial charge in [-0.2, -0.15) is 4.31 Å². The second-order valence-corrected chi connectivity index (χ2v) is 5.22. The number of hydrogen-bond acceptors (Lipinski definition) is 4. The molecule has 0 fully saturated rings. The van der Waals surface area contributed by atoms with E-state index in [2.05, 4.69) is 0 Å². The number of thiol groups is 1. The van der Waals surface area contributed by atoms with Crippen LogP contribution in [0.2, 0.25) is 0 Å². The van der Waals surface area contributed by atoms with Crippen LogP contribution in [0.4, 0.5) is 0 Å². The van der Waals surface area contributed by atoms with Gasteiger partial charge in [-0.25, -0.2) is 8.42 Å². The van der Waals surface area contributed by atoms with Crippen LogP contribution in [0.5, 0.6) is 0 Å². The van der Waals surface area contributed by atoms with E-state index in [0.717, 1.165) is 14.8 Å². The fourth-order valence-corrected chi connectivity index (χ4v) is 2.19. The maximum Gasteiger partial charge on any atom is 0.318 e. The van der Waals surface area contributed by atoms with E-state index in [4.69, 9.17) is 5.11 Å². The van der Waals surface area contributed by atoms with Crippen molar-refractivity contribution in [3.63, 3.8) is 0 Å². The number of hydrogen-bond donors (Lipinski definition) is 2. The largest absolute Gasteiger partial charge is 0.480 e. The van der Waals surface area contributed by atoms with Crippen molar-refractivity contribution in [3.05, 3.63) is 29.8 Å². The summed E-state index contributed by atoms with van der Waals surface area (Å²) in [6.45, 7) is -0.428. The third-order valence-corrected chi connectivity index (χ3v) is 3.56. The van der Waals surface area contributed by atoms with Gasteiger partial charge in [0.2, 0.25) is 10.9 Å². The van der Waals surface area contributed by atoms with Gasteiger partial charge >= 0.3 is 5.97 Å². The number of rotatable bonds is 6. The van der Waals surface area contributed by atoms with Gasteiger partial charge in [0.05, 0.1) is 0 Å². The first-order valence-corrected chi connectivity index (χ1v) is 7.12. The number of benzene rings is 1. The van der Waals surface area contributed by atoms with Crippen molar-refractivity contribution in [2.45, 2.75) is 11.4 Å². The standard InChI is InChI=1S/C10H13NO4S2/c1-16-9-4-2-8(3-5-9)6-11(17(14)15)7-10(12)13/h2-5,17H,6-7H2,1H3,(H,12,13). The van der Waals surface area contributed by atoms with Crippen molar-refractivity contribution in [1.29, 1.82) is 0 Å². The average Bonchev–Trinajstić information content (AvgIpc) is 2.28. The molecule has 17 heavy (non-hydrogen) atoms. The third-order valence-electron chi connectivity index (χ3n) is 2.07. The number of carboxylic acid groups (broad SMARTS) is 1. The number of aliphatic carboxylic acids is 1. The van der Waals surface area contributed by atoms with Crippen LogP contribution in [0, 0.1) is 0 Å². The van der Waals surface area contributed by atoms with Crippen molar-refractivity contribution in [2.24, 2.45) is 0 Å². The van der Waals surface area contributed by atoms with E-state index < -0.39 is 23.4 Å². The van der Waals surface area contributed by atoms with E-state index in [-0.39, 0.29) is 6.54 Å². The van der Waals surface area contributed by atoms with Crippen LogP contribution in [-0.4, -0.2) is 36.6 Å². The maximum atomic E-state index is 10.9. The van der Waals surface area contributed by atoms with Crippen LogP contribution in [0.25, 0.3) is 0 Å². The summed E-state index contributed by atoms with van der Waals surface area (Å²) in [7, 11) is -2.88. The van der Waals surface area contributed by atoms with E-state index in [1.165, 1.54) is 0 Å².